The van der Waals surface area contributed by atoms with Gasteiger partial charge in [0.25, 0.3) is 0 Å². The van der Waals surface area contributed by atoms with E-state index in [0.29, 0.717) is 5.52 Å². The van der Waals surface area contributed by atoms with E-state index in [2.05, 4.69) is 36.8 Å². The van der Waals surface area contributed by atoms with E-state index in [4.69, 9.17) is 5.11 Å². The monoisotopic (exact) mass is 343 g/mol. The Bertz CT molecular complexity index is 596. The van der Waals surface area contributed by atoms with Crippen LogP contribution in [0, 0.1) is 6.92 Å². The molecule has 82 valence electrons. The Labute approximate surface area is 109 Å². The molecule has 0 saturated heterocycles. The number of fused-ring (bicyclic) bond motifs is 1. The molecule has 3 nitrogen and oxygen atoms in total. The average molecular weight is 345 g/mol. The highest BCUT2D eigenvalue weighted by Gasteiger charge is 2.11. The van der Waals surface area contributed by atoms with Gasteiger partial charge in [-0.05, 0) is 30.7 Å². The molecule has 16 heavy (non-hydrogen) atoms. The van der Waals surface area contributed by atoms with Gasteiger partial charge in [-0.1, -0.05) is 31.9 Å². The summed E-state index contributed by atoms with van der Waals surface area (Å²) in [6.07, 6.45) is 0. The zero-order chi connectivity index (χ0) is 11.9. The minimum absolute atomic E-state index is 0.0648. The molecule has 2 rings (SSSR count). The summed E-state index contributed by atoms with van der Waals surface area (Å²) >= 11 is 6.79. The summed E-state index contributed by atoms with van der Waals surface area (Å²) in [7, 11) is 0. The molecule has 0 fully saturated rings. The molecule has 0 aliphatic heterocycles. The molecule has 0 radical (unpaired) electrons. The maximum atomic E-state index is 10.9. The fourth-order valence-electron chi connectivity index (χ4n) is 1.59. The first-order valence-electron chi connectivity index (χ1n) is 4.48. The molecule has 0 aliphatic carbocycles. The van der Waals surface area contributed by atoms with Gasteiger partial charge in [0, 0.05) is 14.3 Å². The first-order valence-corrected chi connectivity index (χ1v) is 6.07. The summed E-state index contributed by atoms with van der Waals surface area (Å²) in [5.41, 5.74) is 1.62. The SMILES string of the molecule is Cc1cc(C(=O)O)nc2cc(Br)cc(Br)c12. The number of carboxylic acids is 1. The van der Waals surface area contributed by atoms with Crippen LogP contribution in [-0.4, -0.2) is 16.1 Å². The summed E-state index contributed by atoms with van der Waals surface area (Å²) in [5.74, 6) is -1.01. The molecule has 1 N–H and O–H groups in total. The summed E-state index contributed by atoms with van der Waals surface area (Å²) in [6.45, 7) is 1.87. The van der Waals surface area contributed by atoms with Crippen LogP contribution in [0.4, 0.5) is 0 Å². The number of pyridine rings is 1. The number of aromatic carboxylic acids is 1. The second-order valence-corrected chi connectivity index (χ2v) is 5.18. The standard InChI is InChI=1S/C11H7Br2NO2/c1-5-2-9(11(15)16)14-8-4-6(12)3-7(13)10(5)8/h2-4H,1H3,(H,15,16). The van der Waals surface area contributed by atoms with Crippen LogP contribution >= 0.6 is 31.9 Å². The normalized spacial score (nSPS) is 10.7. The lowest BCUT2D eigenvalue weighted by Crippen LogP contribution is -2.01. The van der Waals surface area contributed by atoms with Crippen LogP contribution in [0.2, 0.25) is 0 Å². The highest BCUT2D eigenvalue weighted by atomic mass is 79.9. The predicted octanol–water partition coefficient (Wildman–Crippen LogP) is 3.77. The summed E-state index contributed by atoms with van der Waals surface area (Å²) in [4.78, 5) is 15.0. The van der Waals surface area contributed by atoms with Crippen LogP contribution in [0.15, 0.2) is 27.1 Å². The van der Waals surface area contributed by atoms with E-state index < -0.39 is 5.97 Å². The maximum absolute atomic E-state index is 10.9. The second-order valence-electron chi connectivity index (χ2n) is 3.41. The van der Waals surface area contributed by atoms with Crippen molar-refractivity contribution in [3.05, 3.63) is 38.4 Å². The summed E-state index contributed by atoms with van der Waals surface area (Å²) < 4.78 is 1.76. The van der Waals surface area contributed by atoms with E-state index >= 15 is 0 Å². The minimum atomic E-state index is -1.01. The molecule has 0 bridgehead atoms. The molecular weight excluding hydrogens is 338 g/mol. The smallest absolute Gasteiger partial charge is 0.354 e. The lowest BCUT2D eigenvalue weighted by atomic mass is 10.1. The average Bonchev–Trinajstić information content (AvgIpc) is 2.15. The van der Waals surface area contributed by atoms with Gasteiger partial charge in [0.1, 0.15) is 5.69 Å². The Kier molecular flexibility index (Phi) is 2.99. The lowest BCUT2D eigenvalue weighted by molar-refractivity contribution is 0.0691. The molecule has 0 spiro atoms. The molecule has 0 amide bonds. The Hall–Kier alpha value is -0.940. The zero-order valence-corrected chi connectivity index (χ0v) is 11.5. The van der Waals surface area contributed by atoms with Gasteiger partial charge in [0.05, 0.1) is 5.52 Å². The van der Waals surface area contributed by atoms with Crippen LogP contribution in [-0.2, 0) is 0 Å². The summed E-state index contributed by atoms with van der Waals surface area (Å²) in [6, 6.07) is 5.29. The van der Waals surface area contributed by atoms with Crippen molar-refractivity contribution in [3.8, 4) is 0 Å². The van der Waals surface area contributed by atoms with E-state index in [9.17, 15) is 4.79 Å². The highest BCUT2D eigenvalue weighted by molar-refractivity contribution is 9.11. The zero-order valence-electron chi connectivity index (χ0n) is 8.29. The van der Waals surface area contributed by atoms with Crippen molar-refractivity contribution in [2.45, 2.75) is 6.92 Å². The summed E-state index contributed by atoms with van der Waals surface area (Å²) in [5, 5.41) is 9.86. The van der Waals surface area contributed by atoms with Gasteiger partial charge >= 0.3 is 5.97 Å². The molecule has 0 unspecified atom stereocenters. The van der Waals surface area contributed by atoms with Crippen molar-refractivity contribution in [1.82, 2.24) is 4.98 Å². The van der Waals surface area contributed by atoms with E-state index in [1.165, 1.54) is 0 Å². The molecule has 0 atom stereocenters. The number of aromatic nitrogens is 1. The van der Waals surface area contributed by atoms with Crippen LogP contribution in [0.25, 0.3) is 10.9 Å². The number of hydrogen-bond donors (Lipinski definition) is 1. The lowest BCUT2D eigenvalue weighted by Gasteiger charge is -2.06. The van der Waals surface area contributed by atoms with Crippen molar-refractivity contribution in [2.24, 2.45) is 0 Å². The van der Waals surface area contributed by atoms with Crippen molar-refractivity contribution < 1.29 is 9.90 Å². The number of benzene rings is 1. The first kappa shape index (κ1) is 11.5. The third-order valence-corrected chi connectivity index (χ3v) is 3.33. The topological polar surface area (TPSA) is 50.2 Å². The molecule has 0 saturated carbocycles. The number of carbonyl (C=O) groups is 1. The number of aryl methyl sites for hydroxylation is 1. The van der Waals surface area contributed by atoms with Crippen molar-refractivity contribution in [3.63, 3.8) is 0 Å². The Morgan fingerprint density at radius 3 is 2.62 bits per heavy atom. The van der Waals surface area contributed by atoms with Crippen LogP contribution in [0.1, 0.15) is 16.1 Å². The van der Waals surface area contributed by atoms with Crippen molar-refractivity contribution >= 4 is 48.7 Å². The van der Waals surface area contributed by atoms with Gasteiger partial charge in [-0.15, -0.1) is 0 Å². The van der Waals surface area contributed by atoms with E-state index in [0.717, 1.165) is 19.9 Å². The molecule has 1 aromatic carbocycles. The van der Waals surface area contributed by atoms with Gasteiger partial charge in [-0.2, -0.15) is 0 Å². The number of hydrogen-bond acceptors (Lipinski definition) is 2. The number of halogens is 2. The molecule has 1 heterocycles. The fraction of sp³-hybridized carbons (Fsp3) is 0.0909. The third kappa shape index (κ3) is 1.97. The quantitative estimate of drug-likeness (QED) is 0.856. The maximum Gasteiger partial charge on any atom is 0.354 e. The molecule has 5 heteroatoms. The molecule has 0 aliphatic rings. The van der Waals surface area contributed by atoms with Crippen LogP contribution in [0.5, 0.6) is 0 Å². The Morgan fingerprint density at radius 2 is 2.00 bits per heavy atom. The molecule has 1 aromatic heterocycles. The number of carboxylic acid groups (broad SMARTS) is 1. The highest BCUT2D eigenvalue weighted by Crippen LogP contribution is 2.30. The van der Waals surface area contributed by atoms with E-state index in [-0.39, 0.29) is 5.69 Å². The fourth-order valence-corrected chi connectivity index (χ4v) is 3.10. The van der Waals surface area contributed by atoms with Gasteiger partial charge in [0.2, 0.25) is 0 Å². The minimum Gasteiger partial charge on any atom is -0.477 e. The van der Waals surface area contributed by atoms with Crippen LogP contribution in [0.3, 0.4) is 0 Å². The van der Waals surface area contributed by atoms with Gasteiger partial charge in [0.15, 0.2) is 0 Å². The van der Waals surface area contributed by atoms with Gasteiger partial charge in [-0.25, -0.2) is 9.78 Å². The second kappa shape index (κ2) is 4.14. The Balaban J connectivity index is 2.87. The van der Waals surface area contributed by atoms with Gasteiger partial charge in [-0.3, -0.25) is 0 Å². The first-order chi connectivity index (χ1) is 7.49. The Morgan fingerprint density at radius 1 is 1.31 bits per heavy atom. The largest absolute Gasteiger partial charge is 0.477 e. The number of nitrogens with zero attached hydrogens (tertiary/aromatic N) is 1. The third-order valence-electron chi connectivity index (χ3n) is 2.24. The van der Waals surface area contributed by atoms with Crippen molar-refractivity contribution in [2.75, 3.05) is 0 Å². The van der Waals surface area contributed by atoms with Crippen molar-refractivity contribution in [1.29, 1.82) is 0 Å². The molecular formula is C11H7Br2NO2. The van der Waals surface area contributed by atoms with Crippen LogP contribution < -0.4 is 0 Å². The van der Waals surface area contributed by atoms with E-state index in [1.54, 1.807) is 12.1 Å². The van der Waals surface area contributed by atoms with Gasteiger partial charge < -0.3 is 5.11 Å². The van der Waals surface area contributed by atoms with E-state index in [1.807, 2.05) is 13.0 Å². The molecule has 2 aromatic rings. The predicted molar refractivity (Wildman–Crippen MR) is 68.8 cm³/mol. The number of rotatable bonds is 1.